The first kappa shape index (κ1) is 12.3. The molecule has 0 aliphatic heterocycles. The molecule has 0 radical (unpaired) electrons. The minimum absolute atomic E-state index is 0.251. The molecule has 0 aliphatic carbocycles. The highest BCUT2D eigenvalue weighted by molar-refractivity contribution is 6.30. The van der Waals surface area contributed by atoms with E-state index in [1.54, 1.807) is 18.2 Å². The molecule has 2 nitrogen and oxygen atoms in total. The molecule has 82 valence electrons. The number of aromatic hydroxyl groups is 1. The van der Waals surface area contributed by atoms with Gasteiger partial charge in [-0.3, -0.25) is 0 Å². The molecule has 2 aromatic rings. The maximum atomic E-state index is 9.63. The van der Waals surface area contributed by atoms with E-state index in [2.05, 4.69) is 6.72 Å². The van der Waals surface area contributed by atoms with Crippen molar-refractivity contribution in [2.45, 2.75) is 0 Å². The van der Waals surface area contributed by atoms with Gasteiger partial charge < -0.3 is 10.5 Å². The van der Waals surface area contributed by atoms with Gasteiger partial charge in [-0.25, -0.2) is 0 Å². The van der Waals surface area contributed by atoms with Crippen molar-refractivity contribution in [3.05, 3.63) is 53.6 Å². The van der Waals surface area contributed by atoms with Crippen LogP contribution in [-0.2, 0) is 0 Å². The van der Waals surface area contributed by atoms with Crippen LogP contribution in [0.1, 0.15) is 0 Å². The number of phenols is 1. The molecule has 0 amide bonds. The van der Waals surface area contributed by atoms with E-state index in [1.807, 2.05) is 30.3 Å². The maximum Gasteiger partial charge on any atom is 0.123 e. The molecule has 0 spiro atoms. The lowest BCUT2D eigenvalue weighted by molar-refractivity contribution is 0.477. The highest BCUT2D eigenvalue weighted by Crippen LogP contribution is 2.31. The van der Waals surface area contributed by atoms with Crippen molar-refractivity contribution >= 4 is 18.3 Å². The van der Waals surface area contributed by atoms with Crippen LogP contribution in [0, 0.1) is 5.41 Å². The van der Waals surface area contributed by atoms with Crippen molar-refractivity contribution in [1.29, 1.82) is 5.41 Å². The number of hydrogen-bond donors (Lipinski definition) is 2. The Labute approximate surface area is 99.6 Å². The summed E-state index contributed by atoms with van der Waals surface area (Å²) in [7, 11) is 0. The third-order valence-corrected chi connectivity index (χ3v) is 2.28. The summed E-state index contributed by atoms with van der Waals surface area (Å²) >= 11 is 5.86. The molecule has 0 unspecified atom stereocenters. The summed E-state index contributed by atoms with van der Waals surface area (Å²) in [6.45, 7) is 2.50. The molecule has 0 aromatic heterocycles. The molecular formula is C13H12ClNO. The Morgan fingerprint density at radius 1 is 1.00 bits per heavy atom. The van der Waals surface area contributed by atoms with Crippen molar-refractivity contribution in [3.63, 3.8) is 0 Å². The highest BCUT2D eigenvalue weighted by Gasteiger charge is 2.03. The lowest BCUT2D eigenvalue weighted by atomic mass is 10.1. The number of nitrogens with one attached hydrogen (secondary N) is 1. The van der Waals surface area contributed by atoms with E-state index in [1.165, 1.54) is 0 Å². The van der Waals surface area contributed by atoms with Gasteiger partial charge in [0, 0.05) is 10.6 Å². The third-order valence-electron chi connectivity index (χ3n) is 2.04. The van der Waals surface area contributed by atoms with Gasteiger partial charge in [0.05, 0.1) is 0 Å². The highest BCUT2D eigenvalue weighted by atomic mass is 35.5. The predicted octanol–water partition coefficient (Wildman–Crippen LogP) is 3.98. The Bertz CT molecular complexity index is 457. The molecular weight excluding hydrogens is 222 g/mol. The topological polar surface area (TPSA) is 44.1 Å². The van der Waals surface area contributed by atoms with Crippen LogP contribution in [0.5, 0.6) is 5.75 Å². The smallest absolute Gasteiger partial charge is 0.123 e. The molecule has 0 aliphatic rings. The summed E-state index contributed by atoms with van der Waals surface area (Å²) in [6, 6.07) is 14.7. The van der Waals surface area contributed by atoms with Gasteiger partial charge in [-0.2, -0.15) is 0 Å². The van der Waals surface area contributed by atoms with Crippen LogP contribution < -0.4 is 0 Å². The Kier molecular flexibility index (Phi) is 4.55. The first-order chi connectivity index (χ1) is 7.77. The Hall–Kier alpha value is -1.80. The Morgan fingerprint density at radius 2 is 1.62 bits per heavy atom. The van der Waals surface area contributed by atoms with E-state index in [4.69, 9.17) is 17.0 Å². The zero-order valence-corrected chi connectivity index (χ0v) is 9.41. The first-order valence-electron chi connectivity index (χ1n) is 4.66. The predicted molar refractivity (Wildman–Crippen MR) is 68.4 cm³/mol. The van der Waals surface area contributed by atoms with E-state index in [0.717, 1.165) is 11.1 Å². The lowest BCUT2D eigenvalue weighted by Crippen LogP contribution is -1.78. The van der Waals surface area contributed by atoms with Crippen LogP contribution in [0.4, 0.5) is 0 Å². The number of halogens is 1. The van der Waals surface area contributed by atoms with Crippen molar-refractivity contribution in [3.8, 4) is 16.9 Å². The minimum atomic E-state index is 0.251. The van der Waals surface area contributed by atoms with E-state index in [0.29, 0.717) is 5.02 Å². The zero-order valence-electron chi connectivity index (χ0n) is 8.65. The normalized spacial score (nSPS) is 9.06. The summed E-state index contributed by atoms with van der Waals surface area (Å²) < 4.78 is 0. The molecule has 0 bridgehead atoms. The fourth-order valence-electron chi connectivity index (χ4n) is 1.36. The van der Waals surface area contributed by atoms with Gasteiger partial charge in [0.2, 0.25) is 0 Å². The minimum Gasteiger partial charge on any atom is -0.507 e. The van der Waals surface area contributed by atoms with Gasteiger partial charge in [-0.15, -0.1) is 0 Å². The third kappa shape index (κ3) is 2.84. The Morgan fingerprint density at radius 3 is 2.25 bits per heavy atom. The number of phenolic OH excluding ortho intramolecular Hbond substituents is 1. The number of hydrogen-bond acceptors (Lipinski definition) is 2. The number of rotatable bonds is 1. The van der Waals surface area contributed by atoms with Gasteiger partial charge in [-0.05, 0) is 30.5 Å². The van der Waals surface area contributed by atoms with E-state index in [9.17, 15) is 5.11 Å². The molecule has 16 heavy (non-hydrogen) atoms. The second-order valence-electron chi connectivity index (χ2n) is 3.03. The van der Waals surface area contributed by atoms with Crippen LogP contribution in [0.3, 0.4) is 0 Å². The van der Waals surface area contributed by atoms with Crippen LogP contribution in [0.15, 0.2) is 48.5 Å². The zero-order chi connectivity index (χ0) is 12.0. The van der Waals surface area contributed by atoms with Crippen molar-refractivity contribution in [1.82, 2.24) is 0 Å². The van der Waals surface area contributed by atoms with E-state index >= 15 is 0 Å². The summed E-state index contributed by atoms with van der Waals surface area (Å²) in [5.74, 6) is 0.251. The van der Waals surface area contributed by atoms with Crippen molar-refractivity contribution < 1.29 is 5.11 Å². The lowest BCUT2D eigenvalue weighted by Gasteiger charge is -2.04. The maximum absolute atomic E-state index is 9.63. The average molecular weight is 234 g/mol. The van der Waals surface area contributed by atoms with E-state index < -0.39 is 0 Å². The largest absolute Gasteiger partial charge is 0.507 e. The second-order valence-corrected chi connectivity index (χ2v) is 3.46. The first-order valence-corrected chi connectivity index (χ1v) is 5.04. The van der Waals surface area contributed by atoms with Crippen LogP contribution in [0.2, 0.25) is 5.02 Å². The van der Waals surface area contributed by atoms with Crippen molar-refractivity contribution in [2.24, 2.45) is 0 Å². The fraction of sp³-hybridized carbons (Fsp3) is 0. The van der Waals surface area contributed by atoms with Crippen LogP contribution >= 0.6 is 11.6 Å². The molecule has 0 saturated heterocycles. The van der Waals surface area contributed by atoms with Crippen LogP contribution in [0.25, 0.3) is 11.1 Å². The summed E-state index contributed by atoms with van der Waals surface area (Å²) in [6.07, 6.45) is 0. The SMILES string of the molecule is C=N.Oc1ccc(Cl)cc1-c1ccccc1. The molecule has 0 fully saturated rings. The van der Waals surface area contributed by atoms with Crippen molar-refractivity contribution in [2.75, 3.05) is 0 Å². The summed E-state index contributed by atoms with van der Waals surface area (Å²) in [5.41, 5.74) is 1.73. The average Bonchev–Trinajstić information content (AvgIpc) is 2.36. The molecule has 2 rings (SSSR count). The fourth-order valence-corrected chi connectivity index (χ4v) is 1.53. The quantitative estimate of drug-likeness (QED) is 0.719. The van der Waals surface area contributed by atoms with Gasteiger partial charge in [0.25, 0.3) is 0 Å². The van der Waals surface area contributed by atoms with Crippen LogP contribution in [-0.4, -0.2) is 11.8 Å². The summed E-state index contributed by atoms with van der Waals surface area (Å²) in [5, 5.41) is 15.8. The standard InChI is InChI=1S/C12H9ClO.CH3N/c13-10-6-7-12(14)11(8-10)9-4-2-1-3-5-9;1-2/h1-8,14H;2H,1H2. The van der Waals surface area contributed by atoms with Gasteiger partial charge in [0.1, 0.15) is 5.75 Å². The summed E-state index contributed by atoms with van der Waals surface area (Å²) in [4.78, 5) is 0. The molecule has 0 heterocycles. The second kappa shape index (κ2) is 5.93. The molecule has 2 aromatic carbocycles. The molecule has 0 atom stereocenters. The number of benzene rings is 2. The Balaban J connectivity index is 0.000000606. The monoisotopic (exact) mass is 233 g/mol. The van der Waals surface area contributed by atoms with Gasteiger partial charge in [0.15, 0.2) is 0 Å². The van der Waals surface area contributed by atoms with Gasteiger partial charge >= 0.3 is 0 Å². The molecule has 0 saturated carbocycles. The van der Waals surface area contributed by atoms with Gasteiger partial charge in [-0.1, -0.05) is 41.9 Å². The molecule has 3 heteroatoms. The van der Waals surface area contributed by atoms with E-state index in [-0.39, 0.29) is 5.75 Å². The molecule has 2 N–H and O–H groups in total.